The van der Waals surface area contributed by atoms with Gasteiger partial charge in [-0.1, -0.05) is 13.8 Å². The van der Waals surface area contributed by atoms with Gasteiger partial charge in [0.05, 0.1) is 11.1 Å². The van der Waals surface area contributed by atoms with E-state index in [1.54, 1.807) is 7.11 Å². The minimum absolute atomic E-state index is 0.0794. The summed E-state index contributed by atoms with van der Waals surface area (Å²) >= 11 is 2.99. The summed E-state index contributed by atoms with van der Waals surface area (Å²) in [4.78, 5) is 0. The van der Waals surface area contributed by atoms with Crippen LogP contribution in [0.3, 0.4) is 0 Å². The number of halogens is 3. The monoisotopic (exact) mass is 363 g/mol. The van der Waals surface area contributed by atoms with Crippen molar-refractivity contribution in [2.45, 2.75) is 33.1 Å². The van der Waals surface area contributed by atoms with E-state index in [-0.39, 0.29) is 15.7 Å². The zero-order valence-corrected chi connectivity index (χ0v) is 14.5. The lowest BCUT2D eigenvalue weighted by Gasteiger charge is -2.25. The van der Waals surface area contributed by atoms with Crippen LogP contribution in [0.15, 0.2) is 16.6 Å². The Balaban J connectivity index is 2.44. The van der Waals surface area contributed by atoms with Gasteiger partial charge in [-0.15, -0.1) is 0 Å². The van der Waals surface area contributed by atoms with Gasteiger partial charge in [-0.25, -0.2) is 8.78 Å². The van der Waals surface area contributed by atoms with Crippen LogP contribution in [0, 0.1) is 17.0 Å². The van der Waals surface area contributed by atoms with E-state index >= 15 is 0 Å². The van der Waals surface area contributed by atoms with Crippen molar-refractivity contribution in [3.8, 4) is 0 Å². The molecule has 1 rings (SSSR count). The Bertz CT molecular complexity index is 452. The van der Waals surface area contributed by atoms with E-state index in [2.05, 4.69) is 35.1 Å². The van der Waals surface area contributed by atoms with Crippen molar-refractivity contribution >= 4 is 15.9 Å². The number of rotatable bonds is 9. The predicted octanol–water partition coefficient (Wildman–Crippen LogP) is 4.31. The molecule has 0 unspecified atom stereocenters. The Kier molecular flexibility index (Phi) is 7.77. The van der Waals surface area contributed by atoms with Gasteiger partial charge in [0.25, 0.3) is 0 Å². The third kappa shape index (κ3) is 6.85. The van der Waals surface area contributed by atoms with Crippen molar-refractivity contribution in [2.24, 2.45) is 5.41 Å². The van der Waals surface area contributed by atoms with Crippen LogP contribution in [-0.2, 0) is 11.2 Å². The number of aryl methyl sites for hydroxylation is 1. The van der Waals surface area contributed by atoms with Gasteiger partial charge in [0.1, 0.15) is 11.6 Å². The quantitative estimate of drug-likeness (QED) is 0.521. The molecule has 1 N–H and O–H groups in total. The van der Waals surface area contributed by atoms with Crippen molar-refractivity contribution in [1.29, 1.82) is 0 Å². The summed E-state index contributed by atoms with van der Waals surface area (Å²) in [5.74, 6) is -0.761. The fourth-order valence-corrected chi connectivity index (χ4v) is 2.39. The van der Waals surface area contributed by atoms with E-state index in [4.69, 9.17) is 4.74 Å². The molecule has 120 valence electrons. The van der Waals surface area contributed by atoms with Gasteiger partial charge >= 0.3 is 0 Å². The molecular weight excluding hydrogens is 340 g/mol. The molecule has 1 aromatic carbocycles. The largest absolute Gasteiger partial charge is 0.383 e. The van der Waals surface area contributed by atoms with Crippen LogP contribution in [0.4, 0.5) is 8.78 Å². The molecule has 0 heterocycles. The molecule has 0 bridgehead atoms. The Hall–Kier alpha value is -0.520. The summed E-state index contributed by atoms with van der Waals surface area (Å²) in [5, 5.41) is 3.30. The fraction of sp³-hybridized carbons (Fsp3) is 0.625. The van der Waals surface area contributed by atoms with Crippen molar-refractivity contribution in [2.75, 3.05) is 26.8 Å². The molecule has 0 amide bonds. The third-order valence-corrected chi connectivity index (χ3v) is 4.23. The normalized spacial score (nSPS) is 11.9. The molecule has 0 aromatic heterocycles. The van der Waals surface area contributed by atoms with Crippen LogP contribution < -0.4 is 5.32 Å². The summed E-state index contributed by atoms with van der Waals surface area (Å²) < 4.78 is 32.4. The van der Waals surface area contributed by atoms with Crippen molar-refractivity contribution in [3.63, 3.8) is 0 Å². The first-order valence-electron chi connectivity index (χ1n) is 7.19. The minimum atomic E-state index is -0.412. The molecule has 0 saturated heterocycles. The lowest BCUT2D eigenvalue weighted by Crippen LogP contribution is -2.25. The molecule has 21 heavy (non-hydrogen) atoms. The number of methoxy groups -OCH3 is 1. The van der Waals surface area contributed by atoms with E-state index in [9.17, 15) is 8.78 Å². The van der Waals surface area contributed by atoms with Crippen molar-refractivity contribution in [1.82, 2.24) is 5.32 Å². The number of ether oxygens (including phenoxy) is 1. The van der Waals surface area contributed by atoms with Crippen LogP contribution in [0.5, 0.6) is 0 Å². The van der Waals surface area contributed by atoms with Crippen molar-refractivity contribution in [3.05, 3.63) is 33.8 Å². The highest BCUT2D eigenvalue weighted by Gasteiger charge is 2.18. The second-order valence-electron chi connectivity index (χ2n) is 6.01. The summed E-state index contributed by atoms with van der Waals surface area (Å²) in [6.07, 6.45) is 2.34. The smallest absolute Gasteiger partial charge is 0.137 e. The van der Waals surface area contributed by atoms with Gasteiger partial charge in [-0.05, 0) is 64.8 Å². The van der Waals surface area contributed by atoms with E-state index in [1.165, 1.54) is 12.1 Å². The van der Waals surface area contributed by atoms with Crippen molar-refractivity contribution < 1.29 is 13.5 Å². The van der Waals surface area contributed by atoms with Gasteiger partial charge in [-0.2, -0.15) is 0 Å². The van der Waals surface area contributed by atoms with E-state index in [0.29, 0.717) is 18.6 Å². The standard InChI is InChI=1S/C16H24BrF2NO/c1-16(2,6-7-20-8-9-21-3)5-4-12-10-15(19)13(17)11-14(12)18/h10-11,20H,4-9H2,1-3H3. The molecule has 2 nitrogen and oxygen atoms in total. The Morgan fingerprint density at radius 3 is 2.52 bits per heavy atom. The molecule has 0 aliphatic rings. The maximum absolute atomic E-state index is 13.8. The highest BCUT2D eigenvalue weighted by molar-refractivity contribution is 9.10. The highest BCUT2D eigenvalue weighted by atomic mass is 79.9. The fourth-order valence-electron chi connectivity index (χ4n) is 2.08. The molecule has 0 atom stereocenters. The molecule has 0 fully saturated rings. The van der Waals surface area contributed by atoms with Gasteiger partial charge in [0.15, 0.2) is 0 Å². The topological polar surface area (TPSA) is 21.3 Å². The van der Waals surface area contributed by atoms with E-state index in [0.717, 1.165) is 25.9 Å². The predicted molar refractivity (Wildman–Crippen MR) is 85.5 cm³/mol. The van der Waals surface area contributed by atoms with Crippen LogP contribution >= 0.6 is 15.9 Å². The Morgan fingerprint density at radius 2 is 1.86 bits per heavy atom. The van der Waals surface area contributed by atoms with Crippen LogP contribution in [0.2, 0.25) is 0 Å². The second-order valence-corrected chi connectivity index (χ2v) is 6.87. The minimum Gasteiger partial charge on any atom is -0.383 e. The number of benzene rings is 1. The molecule has 0 radical (unpaired) electrons. The Morgan fingerprint density at radius 1 is 1.14 bits per heavy atom. The maximum atomic E-state index is 13.8. The molecule has 0 saturated carbocycles. The summed E-state index contributed by atoms with van der Waals surface area (Å²) in [5.41, 5.74) is 0.520. The Labute approximate surface area is 134 Å². The molecule has 0 aliphatic carbocycles. The average molecular weight is 364 g/mol. The first-order valence-corrected chi connectivity index (χ1v) is 7.98. The molecule has 0 aliphatic heterocycles. The SMILES string of the molecule is COCCNCCC(C)(C)CCc1cc(F)c(Br)cc1F. The molecular formula is C16H24BrF2NO. The summed E-state index contributed by atoms with van der Waals surface area (Å²) in [6.45, 7) is 6.73. The average Bonchev–Trinajstić information content (AvgIpc) is 2.41. The molecule has 0 spiro atoms. The molecule has 1 aromatic rings. The van der Waals surface area contributed by atoms with Gasteiger partial charge in [0, 0.05) is 13.7 Å². The lowest BCUT2D eigenvalue weighted by molar-refractivity contribution is 0.196. The van der Waals surface area contributed by atoms with E-state index in [1.807, 2.05) is 0 Å². The second kappa shape index (κ2) is 8.81. The van der Waals surface area contributed by atoms with Crippen LogP contribution in [0.1, 0.15) is 32.3 Å². The number of nitrogens with one attached hydrogen (secondary N) is 1. The van der Waals surface area contributed by atoms with Gasteiger partial charge in [0.2, 0.25) is 0 Å². The van der Waals surface area contributed by atoms with Crippen LogP contribution in [-0.4, -0.2) is 26.8 Å². The zero-order valence-electron chi connectivity index (χ0n) is 12.9. The van der Waals surface area contributed by atoms with Crippen LogP contribution in [0.25, 0.3) is 0 Å². The first-order chi connectivity index (χ1) is 9.85. The third-order valence-electron chi connectivity index (χ3n) is 3.62. The maximum Gasteiger partial charge on any atom is 0.137 e. The van der Waals surface area contributed by atoms with Gasteiger partial charge < -0.3 is 10.1 Å². The number of hydrogen-bond donors (Lipinski definition) is 1. The van der Waals surface area contributed by atoms with E-state index < -0.39 is 5.82 Å². The summed E-state index contributed by atoms with van der Waals surface area (Å²) in [6, 6.07) is 2.48. The molecule has 5 heteroatoms. The first kappa shape index (κ1) is 18.5. The van der Waals surface area contributed by atoms with Gasteiger partial charge in [-0.3, -0.25) is 0 Å². The summed E-state index contributed by atoms with van der Waals surface area (Å²) in [7, 11) is 1.68. The zero-order chi connectivity index (χ0) is 15.9. The highest BCUT2D eigenvalue weighted by Crippen LogP contribution is 2.28. The number of hydrogen-bond acceptors (Lipinski definition) is 2. The lowest BCUT2D eigenvalue weighted by atomic mass is 9.83.